The molecule has 0 aromatic heterocycles. The number of benzene rings is 1. The molecule has 0 heteroatoms. The van der Waals surface area contributed by atoms with E-state index < -0.39 is 0 Å². The van der Waals surface area contributed by atoms with E-state index in [-0.39, 0.29) is 0 Å². The molecular formula is C14H24. The Morgan fingerprint density at radius 1 is 0.929 bits per heavy atom. The monoisotopic (exact) mass is 192 g/mol. The molecule has 0 saturated heterocycles. The SMILES string of the molecule is CC.CC(C)CC(C)c1ccccc1. The summed E-state index contributed by atoms with van der Waals surface area (Å²) in [5, 5.41) is 0. The Kier molecular flexibility index (Phi) is 7.18. The van der Waals surface area contributed by atoms with Crippen molar-refractivity contribution in [3.8, 4) is 0 Å². The summed E-state index contributed by atoms with van der Waals surface area (Å²) in [6, 6.07) is 10.7. The zero-order chi connectivity index (χ0) is 11.0. The lowest BCUT2D eigenvalue weighted by Gasteiger charge is -2.13. The highest BCUT2D eigenvalue weighted by Gasteiger charge is 2.06. The molecule has 1 unspecified atom stereocenters. The molecule has 1 rings (SSSR count). The van der Waals surface area contributed by atoms with E-state index in [2.05, 4.69) is 51.1 Å². The van der Waals surface area contributed by atoms with Crippen molar-refractivity contribution < 1.29 is 0 Å². The molecule has 0 saturated carbocycles. The summed E-state index contributed by atoms with van der Waals surface area (Å²) in [7, 11) is 0. The largest absolute Gasteiger partial charge is 0.0683 e. The van der Waals surface area contributed by atoms with E-state index in [1.807, 2.05) is 13.8 Å². The maximum atomic E-state index is 2.30. The second-order valence-electron chi connectivity index (χ2n) is 3.94. The van der Waals surface area contributed by atoms with E-state index in [0.717, 1.165) is 5.92 Å². The minimum atomic E-state index is 0.700. The third-order valence-corrected chi connectivity index (χ3v) is 2.19. The van der Waals surface area contributed by atoms with Crippen molar-refractivity contribution >= 4 is 0 Å². The standard InChI is InChI=1S/C12H18.C2H6/c1-10(2)9-11(3)12-7-5-4-6-8-12;1-2/h4-8,10-11H,9H2,1-3H3;1-2H3. The Bertz CT molecular complexity index is 211. The predicted octanol–water partition coefficient (Wildman–Crippen LogP) is 4.86. The molecule has 0 bridgehead atoms. The van der Waals surface area contributed by atoms with Crippen LogP contribution in [0.4, 0.5) is 0 Å². The van der Waals surface area contributed by atoms with Gasteiger partial charge in [-0.25, -0.2) is 0 Å². The van der Waals surface area contributed by atoms with Gasteiger partial charge in [-0.1, -0.05) is 65.0 Å². The Labute approximate surface area is 89.4 Å². The fourth-order valence-electron chi connectivity index (χ4n) is 1.62. The molecule has 1 aromatic rings. The maximum Gasteiger partial charge on any atom is -0.0188 e. The van der Waals surface area contributed by atoms with E-state index >= 15 is 0 Å². The predicted molar refractivity (Wildman–Crippen MR) is 65.7 cm³/mol. The first-order valence-corrected chi connectivity index (χ1v) is 5.75. The van der Waals surface area contributed by atoms with Crippen LogP contribution >= 0.6 is 0 Å². The van der Waals surface area contributed by atoms with Crippen molar-refractivity contribution in [2.45, 2.75) is 47.0 Å². The molecule has 0 radical (unpaired) electrons. The van der Waals surface area contributed by atoms with Crippen LogP contribution in [0, 0.1) is 5.92 Å². The Morgan fingerprint density at radius 3 is 1.86 bits per heavy atom. The van der Waals surface area contributed by atoms with Gasteiger partial charge in [-0.2, -0.15) is 0 Å². The first kappa shape index (κ1) is 13.2. The maximum absolute atomic E-state index is 2.30. The number of rotatable bonds is 3. The van der Waals surface area contributed by atoms with Crippen LogP contribution in [0.15, 0.2) is 30.3 Å². The second kappa shape index (κ2) is 7.61. The van der Waals surface area contributed by atoms with Crippen LogP contribution in [0.3, 0.4) is 0 Å². The van der Waals surface area contributed by atoms with E-state index in [9.17, 15) is 0 Å². The van der Waals surface area contributed by atoms with Gasteiger partial charge in [0.2, 0.25) is 0 Å². The fourth-order valence-corrected chi connectivity index (χ4v) is 1.62. The average molecular weight is 192 g/mol. The highest BCUT2D eigenvalue weighted by atomic mass is 14.1. The van der Waals surface area contributed by atoms with Crippen molar-refractivity contribution in [1.82, 2.24) is 0 Å². The third-order valence-electron chi connectivity index (χ3n) is 2.19. The smallest absolute Gasteiger partial charge is 0.0188 e. The highest BCUT2D eigenvalue weighted by molar-refractivity contribution is 5.18. The Morgan fingerprint density at radius 2 is 1.43 bits per heavy atom. The first-order valence-electron chi connectivity index (χ1n) is 5.75. The van der Waals surface area contributed by atoms with Crippen LogP contribution in [-0.2, 0) is 0 Å². The first-order chi connectivity index (χ1) is 6.70. The lowest BCUT2D eigenvalue weighted by atomic mass is 9.92. The molecule has 1 aromatic carbocycles. The molecular weight excluding hydrogens is 168 g/mol. The molecule has 14 heavy (non-hydrogen) atoms. The average Bonchev–Trinajstić information content (AvgIpc) is 2.21. The number of hydrogen-bond donors (Lipinski definition) is 0. The molecule has 0 aliphatic heterocycles. The zero-order valence-electron chi connectivity index (χ0n) is 10.2. The van der Waals surface area contributed by atoms with E-state index in [1.165, 1.54) is 12.0 Å². The van der Waals surface area contributed by atoms with Crippen molar-refractivity contribution in [2.75, 3.05) is 0 Å². The van der Waals surface area contributed by atoms with E-state index in [0.29, 0.717) is 5.92 Å². The molecule has 0 spiro atoms. The van der Waals surface area contributed by atoms with Gasteiger partial charge in [0.15, 0.2) is 0 Å². The van der Waals surface area contributed by atoms with Gasteiger partial charge in [-0.05, 0) is 23.8 Å². The van der Waals surface area contributed by atoms with Gasteiger partial charge in [-0.3, -0.25) is 0 Å². The van der Waals surface area contributed by atoms with Gasteiger partial charge in [0.25, 0.3) is 0 Å². The van der Waals surface area contributed by atoms with Crippen LogP contribution in [0.1, 0.15) is 52.5 Å². The molecule has 0 aliphatic rings. The van der Waals surface area contributed by atoms with Crippen LogP contribution < -0.4 is 0 Å². The Hall–Kier alpha value is -0.780. The summed E-state index contributed by atoms with van der Waals surface area (Å²) in [5.41, 5.74) is 1.46. The summed E-state index contributed by atoms with van der Waals surface area (Å²) in [5.74, 6) is 1.49. The van der Waals surface area contributed by atoms with Gasteiger partial charge in [-0.15, -0.1) is 0 Å². The molecule has 1 atom stereocenters. The summed E-state index contributed by atoms with van der Waals surface area (Å²) in [4.78, 5) is 0. The van der Waals surface area contributed by atoms with Gasteiger partial charge in [0, 0.05) is 0 Å². The fraction of sp³-hybridized carbons (Fsp3) is 0.571. The van der Waals surface area contributed by atoms with Crippen LogP contribution in [0.5, 0.6) is 0 Å². The van der Waals surface area contributed by atoms with Crippen LogP contribution in [0.25, 0.3) is 0 Å². The van der Waals surface area contributed by atoms with Crippen LogP contribution in [0.2, 0.25) is 0 Å². The van der Waals surface area contributed by atoms with Crippen molar-refractivity contribution in [2.24, 2.45) is 5.92 Å². The molecule has 0 fully saturated rings. The summed E-state index contributed by atoms with van der Waals surface area (Å²) < 4.78 is 0. The number of hydrogen-bond acceptors (Lipinski definition) is 0. The molecule has 0 N–H and O–H groups in total. The summed E-state index contributed by atoms with van der Waals surface area (Å²) in [6.07, 6.45) is 1.28. The summed E-state index contributed by atoms with van der Waals surface area (Å²) >= 11 is 0. The molecule has 0 heterocycles. The van der Waals surface area contributed by atoms with Gasteiger partial charge in [0.1, 0.15) is 0 Å². The van der Waals surface area contributed by atoms with Gasteiger partial charge < -0.3 is 0 Å². The van der Waals surface area contributed by atoms with E-state index in [4.69, 9.17) is 0 Å². The van der Waals surface area contributed by atoms with Crippen molar-refractivity contribution in [1.29, 1.82) is 0 Å². The lowest BCUT2D eigenvalue weighted by molar-refractivity contribution is 0.524. The molecule has 0 aliphatic carbocycles. The van der Waals surface area contributed by atoms with Crippen LogP contribution in [-0.4, -0.2) is 0 Å². The second-order valence-corrected chi connectivity index (χ2v) is 3.94. The van der Waals surface area contributed by atoms with Gasteiger partial charge in [0.05, 0.1) is 0 Å². The van der Waals surface area contributed by atoms with Crippen molar-refractivity contribution in [3.05, 3.63) is 35.9 Å². The topological polar surface area (TPSA) is 0 Å². The zero-order valence-corrected chi connectivity index (χ0v) is 10.2. The van der Waals surface area contributed by atoms with Gasteiger partial charge >= 0.3 is 0 Å². The minimum Gasteiger partial charge on any atom is -0.0683 e. The highest BCUT2D eigenvalue weighted by Crippen LogP contribution is 2.22. The molecule has 0 nitrogen and oxygen atoms in total. The quantitative estimate of drug-likeness (QED) is 0.641. The molecule has 0 amide bonds. The lowest BCUT2D eigenvalue weighted by Crippen LogP contribution is -1.97. The summed E-state index contributed by atoms with van der Waals surface area (Å²) in [6.45, 7) is 10.9. The Balaban J connectivity index is 0.000000791. The molecule has 80 valence electrons. The van der Waals surface area contributed by atoms with E-state index in [1.54, 1.807) is 0 Å². The third kappa shape index (κ3) is 5.06. The normalized spacial score (nSPS) is 11.9. The van der Waals surface area contributed by atoms with Crippen molar-refractivity contribution in [3.63, 3.8) is 0 Å². The minimum absolute atomic E-state index is 0.700.